The van der Waals surface area contributed by atoms with E-state index in [-0.39, 0.29) is 24.2 Å². The summed E-state index contributed by atoms with van der Waals surface area (Å²) >= 11 is 0. The molecule has 0 unspecified atom stereocenters. The van der Waals surface area contributed by atoms with E-state index < -0.39 is 10.0 Å². The van der Waals surface area contributed by atoms with Crippen LogP contribution in [-0.2, 0) is 19.5 Å². The average Bonchev–Trinajstić information content (AvgIpc) is 2.59. The summed E-state index contributed by atoms with van der Waals surface area (Å²) in [4.78, 5) is 6.49. The summed E-state index contributed by atoms with van der Waals surface area (Å²) < 4.78 is 37.5. The Labute approximate surface area is 144 Å². The van der Waals surface area contributed by atoms with Gasteiger partial charge in [-0.25, -0.2) is 8.42 Å². The van der Waals surface area contributed by atoms with Crippen molar-refractivity contribution in [2.75, 3.05) is 19.8 Å². The van der Waals surface area contributed by atoms with Gasteiger partial charge in [-0.3, -0.25) is 0 Å². The monoisotopic (exact) mass is 364 g/mol. The van der Waals surface area contributed by atoms with E-state index in [1.807, 2.05) is 0 Å². The second kappa shape index (κ2) is 8.34. The van der Waals surface area contributed by atoms with E-state index >= 15 is 0 Å². The minimum Gasteiger partial charge on any atom is -0.451 e. The highest BCUT2D eigenvalue weighted by Crippen LogP contribution is 2.32. The zero-order valence-corrected chi connectivity index (χ0v) is 14.2. The Morgan fingerprint density at radius 1 is 1.20 bits per heavy atom. The SMILES string of the molecule is CCOC(=Nc1ccc(S(=O)(=O)N=[N+]=[N-])c2ccccc12)OCCO. The molecule has 0 aliphatic rings. The van der Waals surface area contributed by atoms with E-state index in [0.717, 1.165) is 0 Å². The standard InChI is InChI=1S/C15H16N4O5S/c1-2-23-15(24-10-9-20)17-13-7-8-14(25(21,22)19-18-16)12-6-4-3-5-11(12)13/h3-8,20H,2,9-10H2,1H3. The number of hydrogen-bond acceptors (Lipinski definition) is 6. The number of sulfonamides is 1. The second-order valence-corrected chi connectivity index (χ2v) is 6.21. The van der Waals surface area contributed by atoms with Gasteiger partial charge in [-0.15, -0.1) is 0 Å². The fourth-order valence-electron chi connectivity index (χ4n) is 2.13. The maximum atomic E-state index is 12.1. The first kappa shape index (κ1) is 18.5. The summed E-state index contributed by atoms with van der Waals surface area (Å²) in [6.45, 7) is 1.88. The van der Waals surface area contributed by atoms with Crippen LogP contribution >= 0.6 is 0 Å². The van der Waals surface area contributed by atoms with Gasteiger partial charge in [0.25, 0.3) is 10.0 Å². The molecule has 0 aliphatic heterocycles. The molecular weight excluding hydrogens is 348 g/mol. The predicted molar refractivity (Wildman–Crippen MR) is 92.0 cm³/mol. The lowest BCUT2D eigenvalue weighted by atomic mass is 10.1. The first-order valence-electron chi connectivity index (χ1n) is 7.31. The molecule has 25 heavy (non-hydrogen) atoms. The minimum atomic E-state index is -4.14. The van der Waals surface area contributed by atoms with E-state index in [2.05, 4.69) is 14.4 Å². The number of rotatable bonds is 6. The Balaban J connectivity index is 2.63. The normalized spacial score (nSPS) is 11.8. The van der Waals surface area contributed by atoms with Crippen molar-refractivity contribution in [1.82, 2.24) is 0 Å². The summed E-state index contributed by atoms with van der Waals surface area (Å²) in [5.41, 5.74) is 8.87. The van der Waals surface area contributed by atoms with Crippen LogP contribution in [0.5, 0.6) is 0 Å². The number of benzene rings is 2. The van der Waals surface area contributed by atoms with Crippen molar-refractivity contribution in [1.29, 1.82) is 0 Å². The molecule has 0 saturated heterocycles. The van der Waals surface area contributed by atoms with Crippen LogP contribution in [0.25, 0.3) is 21.2 Å². The number of aliphatic hydroxyl groups is 1. The summed E-state index contributed by atoms with van der Waals surface area (Å²) in [5.74, 6) is 0. The number of ether oxygens (including phenoxy) is 2. The first-order chi connectivity index (χ1) is 12.0. The zero-order chi connectivity index (χ0) is 18.3. The van der Waals surface area contributed by atoms with Crippen molar-refractivity contribution in [2.45, 2.75) is 11.8 Å². The highest BCUT2D eigenvalue weighted by atomic mass is 32.2. The molecule has 132 valence electrons. The van der Waals surface area contributed by atoms with Crippen molar-refractivity contribution in [3.8, 4) is 0 Å². The number of azide groups is 1. The molecule has 2 aromatic carbocycles. The third-order valence-electron chi connectivity index (χ3n) is 3.08. The van der Waals surface area contributed by atoms with Gasteiger partial charge < -0.3 is 14.6 Å². The van der Waals surface area contributed by atoms with Crippen molar-refractivity contribution in [3.63, 3.8) is 0 Å². The van der Waals surface area contributed by atoms with Crippen molar-refractivity contribution in [2.24, 2.45) is 9.51 Å². The van der Waals surface area contributed by atoms with Gasteiger partial charge in [0.15, 0.2) is 0 Å². The lowest BCUT2D eigenvalue weighted by Gasteiger charge is -2.10. The van der Waals surface area contributed by atoms with Crippen LogP contribution in [0.15, 0.2) is 50.8 Å². The topological polar surface area (TPSA) is 134 Å². The molecule has 0 atom stereocenters. The lowest BCUT2D eigenvalue weighted by Crippen LogP contribution is -2.12. The predicted octanol–water partition coefficient (Wildman–Crippen LogP) is 2.87. The fourth-order valence-corrected chi connectivity index (χ4v) is 3.01. The van der Waals surface area contributed by atoms with Gasteiger partial charge in [-0.1, -0.05) is 24.3 Å². The van der Waals surface area contributed by atoms with Gasteiger partial charge in [0.2, 0.25) is 0 Å². The quantitative estimate of drug-likeness (QED) is 0.276. The third kappa shape index (κ3) is 4.38. The largest absolute Gasteiger partial charge is 0.451 e. The maximum absolute atomic E-state index is 12.1. The van der Waals surface area contributed by atoms with Crippen molar-refractivity contribution < 1.29 is 23.0 Å². The van der Waals surface area contributed by atoms with Gasteiger partial charge in [-0.2, -0.15) is 4.99 Å². The molecule has 0 bridgehead atoms. The molecule has 0 saturated carbocycles. The van der Waals surface area contributed by atoms with E-state index in [1.54, 1.807) is 31.2 Å². The number of aliphatic hydroxyl groups excluding tert-OH is 1. The second-order valence-electron chi connectivity index (χ2n) is 4.66. The van der Waals surface area contributed by atoms with Gasteiger partial charge in [0.1, 0.15) is 6.61 Å². The van der Waals surface area contributed by atoms with E-state index in [9.17, 15) is 8.42 Å². The van der Waals surface area contributed by atoms with Gasteiger partial charge in [0, 0.05) is 20.2 Å². The van der Waals surface area contributed by atoms with Gasteiger partial charge >= 0.3 is 6.08 Å². The summed E-state index contributed by atoms with van der Waals surface area (Å²) in [7, 11) is -4.14. The zero-order valence-electron chi connectivity index (χ0n) is 13.4. The lowest BCUT2D eigenvalue weighted by molar-refractivity contribution is 0.135. The van der Waals surface area contributed by atoms with Crippen LogP contribution in [-0.4, -0.2) is 39.4 Å². The Hall–Kier alpha value is -2.81. The molecular formula is C15H16N4O5S. The van der Waals surface area contributed by atoms with Crippen molar-refractivity contribution >= 4 is 32.6 Å². The molecule has 10 heteroatoms. The Bertz CT molecular complexity index is 936. The third-order valence-corrected chi connectivity index (χ3v) is 4.28. The molecule has 0 heterocycles. The van der Waals surface area contributed by atoms with Crippen LogP contribution in [0.4, 0.5) is 5.69 Å². The molecule has 0 aliphatic carbocycles. The Morgan fingerprint density at radius 2 is 1.92 bits per heavy atom. The fraction of sp³-hybridized carbons (Fsp3) is 0.267. The summed E-state index contributed by atoms with van der Waals surface area (Å²) in [6.07, 6.45) is -0.0349. The maximum Gasteiger partial charge on any atom is 0.388 e. The minimum absolute atomic E-state index is 0.0140. The van der Waals surface area contributed by atoms with Crippen LogP contribution in [0.1, 0.15) is 6.92 Å². The smallest absolute Gasteiger partial charge is 0.388 e. The van der Waals surface area contributed by atoms with E-state index in [1.165, 1.54) is 12.1 Å². The highest BCUT2D eigenvalue weighted by molar-refractivity contribution is 7.90. The van der Waals surface area contributed by atoms with Crippen LogP contribution in [0.2, 0.25) is 0 Å². The van der Waals surface area contributed by atoms with Crippen molar-refractivity contribution in [3.05, 3.63) is 46.8 Å². The Kier molecular flexibility index (Phi) is 6.18. The van der Waals surface area contributed by atoms with Gasteiger partial charge in [-0.05, 0) is 24.6 Å². The Morgan fingerprint density at radius 3 is 2.56 bits per heavy atom. The number of aliphatic imine (C=N–C) groups is 1. The summed E-state index contributed by atoms with van der Waals surface area (Å²) in [5, 5.41) is 9.73. The van der Waals surface area contributed by atoms with Crippen LogP contribution in [0, 0.1) is 0 Å². The molecule has 2 rings (SSSR count). The van der Waals surface area contributed by atoms with Gasteiger partial charge in [0.05, 0.1) is 23.8 Å². The number of fused-ring (bicyclic) bond motifs is 1. The number of hydrogen-bond donors (Lipinski definition) is 1. The molecule has 0 fully saturated rings. The van der Waals surface area contributed by atoms with Crippen LogP contribution in [0.3, 0.4) is 0 Å². The summed E-state index contributed by atoms with van der Waals surface area (Å²) in [6, 6.07) is 9.42. The molecule has 9 nitrogen and oxygen atoms in total. The van der Waals surface area contributed by atoms with Crippen LogP contribution < -0.4 is 0 Å². The average molecular weight is 364 g/mol. The molecule has 2 aromatic rings. The first-order valence-corrected chi connectivity index (χ1v) is 8.75. The molecule has 0 radical (unpaired) electrons. The number of nitrogens with zero attached hydrogens (tertiary/aromatic N) is 4. The van der Waals surface area contributed by atoms with E-state index in [4.69, 9.17) is 20.1 Å². The molecule has 0 amide bonds. The molecule has 0 aromatic heterocycles. The molecule has 1 N–H and O–H groups in total. The molecule has 0 spiro atoms. The highest BCUT2D eigenvalue weighted by Gasteiger charge is 2.17. The van der Waals surface area contributed by atoms with E-state index in [0.29, 0.717) is 23.1 Å².